The molecule has 1 aromatic carbocycles. The molecule has 1 aliphatic rings. The first-order valence-electron chi connectivity index (χ1n) is 10.0. The van der Waals surface area contributed by atoms with Gasteiger partial charge in [0.25, 0.3) is 5.91 Å². The van der Waals surface area contributed by atoms with Crippen LogP contribution in [0.3, 0.4) is 0 Å². The quantitative estimate of drug-likeness (QED) is 0.651. The van der Waals surface area contributed by atoms with E-state index in [4.69, 9.17) is 9.72 Å². The molecule has 0 radical (unpaired) electrons. The van der Waals surface area contributed by atoms with Gasteiger partial charge in [-0.2, -0.15) is 0 Å². The molecule has 0 atom stereocenters. The van der Waals surface area contributed by atoms with Gasteiger partial charge in [-0.1, -0.05) is 6.42 Å². The van der Waals surface area contributed by atoms with E-state index in [0.29, 0.717) is 22.5 Å². The van der Waals surface area contributed by atoms with Crippen LogP contribution in [-0.2, 0) is 22.5 Å². The molecule has 0 spiro atoms. The number of fused-ring (bicyclic) bond motifs is 3. The van der Waals surface area contributed by atoms with Gasteiger partial charge in [0.1, 0.15) is 17.1 Å². The molecule has 1 aliphatic heterocycles. The van der Waals surface area contributed by atoms with Gasteiger partial charge in [-0.15, -0.1) is 0 Å². The van der Waals surface area contributed by atoms with E-state index < -0.39 is 5.97 Å². The van der Waals surface area contributed by atoms with E-state index in [0.717, 1.165) is 43.0 Å². The molecular weight excluding hydrogens is 384 g/mol. The second-order valence-corrected chi connectivity index (χ2v) is 7.32. The Kier molecular flexibility index (Phi) is 5.65. The number of amides is 1. The van der Waals surface area contributed by atoms with Crippen LogP contribution in [0.4, 0.5) is 5.69 Å². The molecule has 2 aromatic heterocycles. The Bertz CT molecular complexity index is 1090. The maximum atomic E-state index is 13.0. The van der Waals surface area contributed by atoms with E-state index in [1.165, 1.54) is 13.5 Å². The van der Waals surface area contributed by atoms with Gasteiger partial charge in [0, 0.05) is 24.3 Å². The zero-order valence-corrected chi connectivity index (χ0v) is 17.1. The fraction of sp³-hybridized carbons (Fsp3) is 0.364. The number of pyridine rings is 1. The van der Waals surface area contributed by atoms with Gasteiger partial charge in [0.2, 0.25) is 0 Å². The van der Waals surface area contributed by atoms with Crippen molar-refractivity contribution in [2.45, 2.75) is 39.2 Å². The zero-order valence-electron chi connectivity index (χ0n) is 17.1. The highest BCUT2D eigenvalue weighted by Gasteiger charge is 2.21. The second-order valence-electron chi connectivity index (χ2n) is 7.32. The van der Waals surface area contributed by atoms with Gasteiger partial charge in [-0.05, 0) is 50.1 Å². The lowest BCUT2D eigenvalue weighted by Crippen LogP contribution is -2.14. The van der Waals surface area contributed by atoms with Gasteiger partial charge < -0.3 is 19.4 Å². The van der Waals surface area contributed by atoms with E-state index in [-0.39, 0.29) is 12.5 Å². The summed E-state index contributed by atoms with van der Waals surface area (Å²) in [6.45, 7) is 2.61. The van der Waals surface area contributed by atoms with Gasteiger partial charge in [-0.3, -0.25) is 4.79 Å². The topological polar surface area (TPSA) is 95.3 Å². The number of hydrogen-bond donors (Lipinski definition) is 1. The summed E-state index contributed by atoms with van der Waals surface area (Å²) in [6, 6.07) is 8.59. The summed E-state index contributed by atoms with van der Waals surface area (Å²) >= 11 is 0. The van der Waals surface area contributed by atoms with Gasteiger partial charge in [0.05, 0.1) is 12.7 Å². The molecule has 1 amide bonds. The molecular formula is C22H24N4O4. The number of benzene rings is 1. The lowest BCUT2D eigenvalue weighted by Gasteiger charge is -2.09. The van der Waals surface area contributed by atoms with Crippen molar-refractivity contribution < 1.29 is 19.1 Å². The Balaban J connectivity index is 1.55. The average Bonchev–Trinajstić information content (AvgIpc) is 2.93. The number of methoxy groups -OCH3 is 1. The highest BCUT2D eigenvalue weighted by Crippen LogP contribution is 2.25. The Labute approximate surface area is 174 Å². The summed E-state index contributed by atoms with van der Waals surface area (Å²) in [5.41, 5.74) is 3.35. The van der Waals surface area contributed by atoms with Crippen LogP contribution in [0, 0.1) is 6.92 Å². The van der Waals surface area contributed by atoms with Crippen molar-refractivity contribution in [2.24, 2.45) is 0 Å². The van der Waals surface area contributed by atoms with Crippen LogP contribution < -0.4 is 10.1 Å². The normalized spacial score (nSPS) is 13.4. The number of carbonyl (C=O) groups excluding carboxylic acids is 2. The highest BCUT2D eigenvalue weighted by atomic mass is 16.6. The molecule has 0 aliphatic carbocycles. The molecule has 0 saturated heterocycles. The largest absolute Gasteiger partial charge is 0.482 e. The molecule has 156 valence electrons. The van der Waals surface area contributed by atoms with Crippen LogP contribution in [-0.4, -0.2) is 40.1 Å². The van der Waals surface area contributed by atoms with E-state index >= 15 is 0 Å². The lowest BCUT2D eigenvalue weighted by molar-refractivity contribution is -0.142. The molecule has 8 nitrogen and oxygen atoms in total. The number of nitrogens with one attached hydrogen (secondary N) is 1. The Hall–Kier alpha value is -3.42. The molecule has 4 rings (SSSR count). The van der Waals surface area contributed by atoms with Crippen molar-refractivity contribution >= 4 is 28.7 Å². The van der Waals surface area contributed by atoms with E-state index in [1.54, 1.807) is 30.3 Å². The van der Waals surface area contributed by atoms with Crippen LogP contribution in [0.5, 0.6) is 5.75 Å². The van der Waals surface area contributed by atoms with Crippen molar-refractivity contribution in [1.82, 2.24) is 14.5 Å². The van der Waals surface area contributed by atoms with E-state index in [2.05, 4.69) is 19.6 Å². The number of aryl methyl sites for hydroxylation is 3. The lowest BCUT2D eigenvalue weighted by atomic mass is 10.1. The molecule has 8 heteroatoms. The molecule has 0 bridgehead atoms. The number of ether oxygens (including phenoxy) is 2. The summed E-state index contributed by atoms with van der Waals surface area (Å²) in [4.78, 5) is 33.6. The number of nitrogens with zero attached hydrogens (tertiary/aromatic N) is 3. The minimum atomic E-state index is -0.456. The Morgan fingerprint density at radius 1 is 1.13 bits per heavy atom. The molecule has 30 heavy (non-hydrogen) atoms. The number of anilines is 1. The third-order valence-corrected chi connectivity index (χ3v) is 5.13. The number of carbonyl (C=O) groups is 2. The summed E-state index contributed by atoms with van der Waals surface area (Å²) < 4.78 is 12.0. The summed E-state index contributed by atoms with van der Waals surface area (Å²) in [5, 5.41) is 2.91. The summed E-state index contributed by atoms with van der Waals surface area (Å²) in [6.07, 6.45) is 4.29. The van der Waals surface area contributed by atoms with E-state index in [1.807, 2.05) is 6.92 Å². The van der Waals surface area contributed by atoms with Gasteiger partial charge >= 0.3 is 5.97 Å². The van der Waals surface area contributed by atoms with Crippen LogP contribution >= 0.6 is 0 Å². The summed E-state index contributed by atoms with van der Waals surface area (Å²) in [5.74, 6) is 0.824. The van der Waals surface area contributed by atoms with Crippen molar-refractivity contribution in [1.29, 1.82) is 0 Å². The predicted octanol–water partition coefficient (Wildman–Crippen LogP) is 3.27. The van der Waals surface area contributed by atoms with Crippen molar-refractivity contribution in [3.63, 3.8) is 0 Å². The molecule has 0 unspecified atom stereocenters. The first-order chi connectivity index (χ1) is 14.5. The maximum Gasteiger partial charge on any atom is 0.343 e. The summed E-state index contributed by atoms with van der Waals surface area (Å²) in [7, 11) is 1.31. The number of hydrogen-bond acceptors (Lipinski definition) is 6. The third-order valence-electron chi connectivity index (χ3n) is 5.13. The smallest absolute Gasteiger partial charge is 0.343 e. The molecule has 3 aromatic rings. The molecule has 3 heterocycles. The highest BCUT2D eigenvalue weighted by molar-refractivity contribution is 6.11. The molecule has 0 fully saturated rings. The van der Waals surface area contributed by atoms with Crippen molar-refractivity contribution in [3.8, 4) is 5.75 Å². The fourth-order valence-electron chi connectivity index (χ4n) is 3.62. The number of aromatic nitrogens is 3. The predicted molar refractivity (Wildman–Crippen MR) is 112 cm³/mol. The number of rotatable bonds is 5. The maximum absolute atomic E-state index is 13.0. The standard InChI is InChI=1S/C22H24N4O4/c1-14-12-17(20-21(23-14)26-11-5-3-4-6-18(26)25-20)22(28)24-15-7-9-16(10-8-15)30-13-19(27)29-2/h7-10,12H,3-6,11,13H2,1-2H3,(H,24,28). The minimum absolute atomic E-state index is 0.165. The minimum Gasteiger partial charge on any atom is -0.482 e. The number of esters is 1. The van der Waals surface area contributed by atoms with E-state index in [9.17, 15) is 9.59 Å². The average molecular weight is 408 g/mol. The Morgan fingerprint density at radius 3 is 2.70 bits per heavy atom. The van der Waals surface area contributed by atoms with Gasteiger partial charge in [-0.25, -0.2) is 14.8 Å². The second kappa shape index (κ2) is 8.52. The monoisotopic (exact) mass is 408 g/mol. The van der Waals surface area contributed by atoms with Gasteiger partial charge in [0.15, 0.2) is 12.3 Å². The SMILES string of the molecule is COC(=O)COc1ccc(NC(=O)c2cc(C)nc3c2nc2n3CCCCC2)cc1. The van der Waals surface area contributed by atoms with Crippen LogP contribution in [0.1, 0.15) is 41.1 Å². The number of imidazole rings is 1. The van der Waals surface area contributed by atoms with Crippen molar-refractivity contribution in [2.75, 3.05) is 19.0 Å². The first kappa shape index (κ1) is 19.9. The third kappa shape index (κ3) is 4.12. The first-order valence-corrected chi connectivity index (χ1v) is 10.0. The Morgan fingerprint density at radius 2 is 1.93 bits per heavy atom. The van der Waals surface area contributed by atoms with Crippen molar-refractivity contribution in [3.05, 3.63) is 47.4 Å². The molecule has 1 N–H and O–H groups in total. The van der Waals surface area contributed by atoms with Crippen LogP contribution in [0.15, 0.2) is 30.3 Å². The van der Waals surface area contributed by atoms with Crippen LogP contribution in [0.25, 0.3) is 11.2 Å². The van der Waals surface area contributed by atoms with Crippen LogP contribution in [0.2, 0.25) is 0 Å². The fourth-order valence-corrected chi connectivity index (χ4v) is 3.62. The zero-order chi connectivity index (χ0) is 21.1. The molecule has 0 saturated carbocycles.